The Bertz CT molecular complexity index is 935. The van der Waals surface area contributed by atoms with Gasteiger partial charge in [0, 0.05) is 21.2 Å². The smallest absolute Gasteiger partial charge is 0.277 e. The first-order valence-corrected chi connectivity index (χ1v) is 10.3. The van der Waals surface area contributed by atoms with Crippen molar-refractivity contribution >= 4 is 62.1 Å². The number of thiocarbonyl (C=S) groups is 1. The van der Waals surface area contributed by atoms with Crippen LogP contribution in [0.5, 0.6) is 5.75 Å². The minimum atomic E-state index is -0.294. The van der Waals surface area contributed by atoms with E-state index in [1.54, 1.807) is 17.5 Å². The highest BCUT2D eigenvalue weighted by atomic mass is 79.9. The Labute approximate surface area is 179 Å². The monoisotopic (exact) mass is 477 g/mol. The Kier molecular flexibility index (Phi) is 7.29. The molecule has 0 saturated carbocycles. The van der Waals surface area contributed by atoms with Gasteiger partial charge in [-0.2, -0.15) is 0 Å². The fraction of sp³-hybridized carbons (Fsp3) is 0.111. The highest BCUT2D eigenvalue weighted by Gasteiger charge is 2.08. The maximum Gasteiger partial charge on any atom is 0.277 e. The highest BCUT2D eigenvalue weighted by molar-refractivity contribution is 9.10. The molecule has 0 radical (unpaired) electrons. The van der Waals surface area contributed by atoms with Gasteiger partial charge in [-0.25, -0.2) is 0 Å². The van der Waals surface area contributed by atoms with Crippen LogP contribution in [0.4, 0.5) is 11.4 Å². The Morgan fingerprint density at radius 2 is 1.89 bits per heavy atom. The molecule has 1 amide bonds. The third-order valence-electron chi connectivity index (χ3n) is 3.45. The molecule has 1 aromatic heterocycles. The number of halogens is 1. The van der Waals surface area contributed by atoms with Crippen LogP contribution in [0.15, 0.2) is 58.4 Å². The standard InChI is InChI=1S/C18H16BrN5O2S2/c19-12-2-1-3-15(10-12)26-9-8-20-18(27)22-14-6-4-13(5-7-14)21-17(25)16-11-28-24-23-16/h1-7,10-11H,8-9H2,(H,21,25)(H2,20,22,27). The first-order chi connectivity index (χ1) is 13.6. The van der Waals surface area contributed by atoms with Crippen LogP contribution in [0.25, 0.3) is 0 Å². The lowest BCUT2D eigenvalue weighted by molar-refractivity contribution is 0.102. The molecule has 0 unspecified atom stereocenters. The maximum absolute atomic E-state index is 11.9. The van der Waals surface area contributed by atoms with Crippen LogP contribution in [0.1, 0.15) is 10.5 Å². The van der Waals surface area contributed by atoms with Crippen LogP contribution in [-0.2, 0) is 0 Å². The Hall–Kier alpha value is -2.56. The van der Waals surface area contributed by atoms with Gasteiger partial charge < -0.3 is 20.7 Å². The summed E-state index contributed by atoms with van der Waals surface area (Å²) < 4.78 is 10.3. The van der Waals surface area contributed by atoms with Crippen molar-refractivity contribution in [2.75, 3.05) is 23.8 Å². The molecule has 3 rings (SSSR count). The van der Waals surface area contributed by atoms with Gasteiger partial charge in [0.1, 0.15) is 12.4 Å². The second-order valence-electron chi connectivity index (χ2n) is 5.51. The van der Waals surface area contributed by atoms with Crippen molar-refractivity contribution in [3.63, 3.8) is 0 Å². The number of nitrogens with zero attached hydrogens (tertiary/aromatic N) is 2. The molecule has 0 atom stereocenters. The van der Waals surface area contributed by atoms with Gasteiger partial charge in [-0.05, 0) is 66.2 Å². The molecule has 10 heteroatoms. The fourth-order valence-electron chi connectivity index (χ4n) is 2.16. The van der Waals surface area contributed by atoms with E-state index < -0.39 is 0 Å². The van der Waals surface area contributed by atoms with Crippen molar-refractivity contribution < 1.29 is 9.53 Å². The number of carbonyl (C=O) groups excluding carboxylic acids is 1. The first kappa shape index (κ1) is 20.2. The lowest BCUT2D eigenvalue weighted by Gasteiger charge is -2.12. The normalized spacial score (nSPS) is 10.2. The van der Waals surface area contributed by atoms with E-state index in [-0.39, 0.29) is 5.91 Å². The third kappa shape index (κ3) is 6.25. The quantitative estimate of drug-likeness (QED) is 0.351. The summed E-state index contributed by atoms with van der Waals surface area (Å²) in [4.78, 5) is 11.9. The Balaban J connectivity index is 1.39. The molecular weight excluding hydrogens is 462 g/mol. The second kappa shape index (κ2) is 10.1. The van der Waals surface area contributed by atoms with Gasteiger partial charge >= 0.3 is 0 Å². The number of hydrogen-bond donors (Lipinski definition) is 3. The molecular formula is C18H16BrN5O2S2. The van der Waals surface area contributed by atoms with Gasteiger partial charge in [0.05, 0.1) is 6.54 Å². The van der Waals surface area contributed by atoms with Crippen LogP contribution in [0.3, 0.4) is 0 Å². The molecule has 0 aliphatic rings. The maximum atomic E-state index is 11.9. The van der Waals surface area contributed by atoms with E-state index >= 15 is 0 Å². The summed E-state index contributed by atoms with van der Waals surface area (Å²) in [7, 11) is 0. The molecule has 0 spiro atoms. The lowest BCUT2D eigenvalue weighted by atomic mass is 10.2. The van der Waals surface area contributed by atoms with E-state index in [4.69, 9.17) is 17.0 Å². The van der Waals surface area contributed by atoms with E-state index in [2.05, 4.69) is 41.5 Å². The average Bonchev–Trinajstić information content (AvgIpc) is 3.22. The van der Waals surface area contributed by atoms with E-state index in [0.29, 0.717) is 29.6 Å². The zero-order chi connectivity index (χ0) is 19.8. The van der Waals surface area contributed by atoms with Crippen LogP contribution in [-0.4, -0.2) is 33.8 Å². The van der Waals surface area contributed by atoms with Gasteiger partial charge in [-0.3, -0.25) is 4.79 Å². The predicted molar refractivity (Wildman–Crippen MR) is 118 cm³/mol. The summed E-state index contributed by atoms with van der Waals surface area (Å²) in [6.07, 6.45) is 0. The second-order valence-corrected chi connectivity index (χ2v) is 7.44. The van der Waals surface area contributed by atoms with Gasteiger partial charge in [0.15, 0.2) is 10.8 Å². The summed E-state index contributed by atoms with van der Waals surface area (Å²) >= 11 is 9.81. The van der Waals surface area contributed by atoms with Crippen molar-refractivity contribution in [2.45, 2.75) is 0 Å². The van der Waals surface area contributed by atoms with Crippen LogP contribution in [0, 0.1) is 0 Å². The Morgan fingerprint density at radius 1 is 1.14 bits per heavy atom. The molecule has 3 N–H and O–H groups in total. The van der Waals surface area contributed by atoms with E-state index in [1.165, 1.54) is 0 Å². The summed E-state index contributed by atoms with van der Waals surface area (Å²) in [5, 5.41) is 14.7. The highest BCUT2D eigenvalue weighted by Crippen LogP contribution is 2.17. The number of carbonyl (C=O) groups is 1. The molecule has 144 valence electrons. The molecule has 0 saturated heterocycles. The molecule has 28 heavy (non-hydrogen) atoms. The number of amides is 1. The molecule has 1 heterocycles. The predicted octanol–water partition coefficient (Wildman–Crippen LogP) is 3.92. The fourth-order valence-corrected chi connectivity index (χ4v) is 3.20. The minimum Gasteiger partial charge on any atom is -0.492 e. The van der Waals surface area contributed by atoms with Crippen LogP contribution < -0.4 is 20.7 Å². The molecule has 0 aliphatic heterocycles. The Morgan fingerprint density at radius 3 is 2.57 bits per heavy atom. The van der Waals surface area contributed by atoms with Crippen molar-refractivity contribution in [3.05, 3.63) is 64.1 Å². The third-order valence-corrected chi connectivity index (χ3v) is 4.69. The number of anilines is 2. The number of aromatic nitrogens is 2. The molecule has 7 nitrogen and oxygen atoms in total. The van der Waals surface area contributed by atoms with Crippen molar-refractivity contribution in [1.29, 1.82) is 0 Å². The largest absolute Gasteiger partial charge is 0.492 e. The number of hydrogen-bond acceptors (Lipinski definition) is 6. The summed E-state index contributed by atoms with van der Waals surface area (Å²) in [5.41, 5.74) is 1.76. The first-order valence-electron chi connectivity index (χ1n) is 8.22. The number of nitrogens with one attached hydrogen (secondary N) is 3. The van der Waals surface area contributed by atoms with E-state index in [1.807, 2.05) is 36.4 Å². The van der Waals surface area contributed by atoms with Crippen LogP contribution in [0.2, 0.25) is 0 Å². The van der Waals surface area contributed by atoms with Crippen molar-refractivity contribution in [3.8, 4) is 5.75 Å². The van der Waals surface area contributed by atoms with E-state index in [9.17, 15) is 4.79 Å². The van der Waals surface area contributed by atoms with Crippen molar-refractivity contribution in [2.24, 2.45) is 0 Å². The average molecular weight is 478 g/mol. The minimum absolute atomic E-state index is 0.294. The molecule has 0 bridgehead atoms. The summed E-state index contributed by atoms with van der Waals surface area (Å²) in [6.45, 7) is 1.04. The van der Waals surface area contributed by atoms with E-state index in [0.717, 1.165) is 27.4 Å². The zero-order valence-corrected chi connectivity index (χ0v) is 17.7. The van der Waals surface area contributed by atoms with Gasteiger partial charge in [-0.1, -0.05) is 26.5 Å². The van der Waals surface area contributed by atoms with Gasteiger partial charge in [-0.15, -0.1) is 5.10 Å². The molecule has 0 aliphatic carbocycles. The molecule has 2 aromatic carbocycles. The zero-order valence-electron chi connectivity index (χ0n) is 14.5. The van der Waals surface area contributed by atoms with Gasteiger partial charge in [0.25, 0.3) is 5.91 Å². The number of rotatable bonds is 7. The van der Waals surface area contributed by atoms with Crippen LogP contribution >= 0.6 is 39.7 Å². The van der Waals surface area contributed by atoms with Crippen molar-refractivity contribution in [1.82, 2.24) is 14.9 Å². The topological polar surface area (TPSA) is 88.2 Å². The lowest BCUT2D eigenvalue weighted by Crippen LogP contribution is -2.31. The summed E-state index contributed by atoms with van der Waals surface area (Å²) in [5.74, 6) is 0.498. The summed E-state index contributed by atoms with van der Waals surface area (Å²) in [6, 6.07) is 14.9. The molecule has 3 aromatic rings. The van der Waals surface area contributed by atoms with Gasteiger partial charge in [0.2, 0.25) is 0 Å². The number of ether oxygens (including phenoxy) is 1. The number of benzene rings is 2. The SMILES string of the molecule is O=C(Nc1ccc(NC(=S)NCCOc2cccc(Br)c2)cc1)c1csnn1. The molecule has 0 fully saturated rings.